The monoisotopic (exact) mass is 450 g/mol. The summed E-state index contributed by atoms with van der Waals surface area (Å²) in [5.41, 5.74) is 0.544. The average molecular weight is 451 g/mol. The van der Waals surface area contributed by atoms with E-state index in [0.29, 0.717) is 30.4 Å². The molecule has 2 aliphatic carbocycles. The number of carbonyl (C=O) groups excluding carboxylic acids is 1. The molecule has 2 aliphatic heterocycles. The number of aliphatic imine (C=N–C) groups is 1. The lowest BCUT2D eigenvalue weighted by atomic mass is 9.99. The quantitative estimate of drug-likeness (QED) is 0.700. The largest absolute Gasteiger partial charge is 0.424 e. The van der Waals surface area contributed by atoms with Crippen LogP contribution in [0.4, 0.5) is 0 Å². The maximum absolute atomic E-state index is 12.1. The number of carbonyl (C=O) groups is 1. The first-order chi connectivity index (χ1) is 15.1. The van der Waals surface area contributed by atoms with Crippen molar-refractivity contribution in [3.63, 3.8) is 0 Å². The van der Waals surface area contributed by atoms with E-state index in [0.717, 1.165) is 16.4 Å². The lowest BCUT2D eigenvalue weighted by Gasteiger charge is -2.20. The summed E-state index contributed by atoms with van der Waals surface area (Å²) in [4.78, 5) is 17.6. The molecule has 1 fully saturated rings. The molecule has 1 aromatic heterocycles. The minimum absolute atomic E-state index is 0.0338. The zero-order chi connectivity index (χ0) is 21.4. The van der Waals surface area contributed by atoms with Gasteiger partial charge in [0.25, 0.3) is 0 Å². The molecule has 1 N–H and O–H groups in total. The Morgan fingerprint density at radius 2 is 2.13 bits per heavy atom. The number of aromatic nitrogens is 2. The van der Waals surface area contributed by atoms with Gasteiger partial charge in [0.2, 0.25) is 17.7 Å². The SMILES string of the molecule is N#CC1=CCC(C2=CC3SC(Cc4nnc(CC(=O)NC5(C#N)CC5)o4)=NC3C=C2)S1. The maximum Gasteiger partial charge on any atom is 0.230 e. The van der Waals surface area contributed by atoms with Crippen LogP contribution >= 0.6 is 23.5 Å². The zero-order valence-corrected chi connectivity index (χ0v) is 18.1. The van der Waals surface area contributed by atoms with Crippen molar-refractivity contribution in [1.29, 1.82) is 10.5 Å². The zero-order valence-electron chi connectivity index (χ0n) is 16.4. The van der Waals surface area contributed by atoms with Crippen LogP contribution in [0.15, 0.2) is 44.2 Å². The first-order valence-electron chi connectivity index (χ1n) is 9.99. The normalized spacial score (nSPS) is 27.4. The van der Waals surface area contributed by atoms with Gasteiger partial charge < -0.3 is 9.73 Å². The van der Waals surface area contributed by atoms with Crippen molar-refractivity contribution in [3.05, 3.63) is 46.6 Å². The van der Waals surface area contributed by atoms with E-state index in [-0.39, 0.29) is 29.5 Å². The van der Waals surface area contributed by atoms with Gasteiger partial charge >= 0.3 is 0 Å². The van der Waals surface area contributed by atoms with Gasteiger partial charge in [-0.3, -0.25) is 9.79 Å². The van der Waals surface area contributed by atoms with Gasteiger partial charge in [0.15, 0.2) is 0 Å². The van der Waals surface area contributed by atoms with Crippen molar-refractivity contribution >= 4 is 34.5 Å². The van der Waals surface area contributed by atoms with Crippen LogP contribution in [0.25, 0.3) is 0 Å². The second-order valence-electron chi connectivity index (χ2n) is 7.83. The number of fused-ring (bicyclic) bond motifs is 1. The molecule has 3 atom stereocenters. The Labute approximate surface area is 187 Å². The fourth-order valence-corrected chi connectivity index (χ4v) is 5.93. The van der Waals surface area contributed by atoms with Gasteiger partial charge in [0.05, 0.1) is 33.7 Å². The highest BCUT2D eigenvalue weighted by Crippen LogP contribution is 2.41. The average Bonchev–Trinajstić information content (AvgIpc) is 3.13. The number of hydrogen-bond donors (Lipinski definition) is 1. The van der Waals surface area contributed by atoms with Gasteiger partial charge in [0, 0.05) is 5.25 Å². The van der Waals surface area contributed by atoms with E-state index in [2.05, 4.69) is 45.9 Å². The molecule has 156 valence electrons. The summed E-state index contributed by atoms with van der Waals surface area (Å²) in [7, 11) is 0. The van der Waals surface area contributed by atoms with Gasteiger partial charge in [-0.1, -0.05) is 24.3 Å². The summed E-state index contributed by atoms with van der Waals surface area (Å²) in [5, 5.41) is 30.3. The summed E-state index contributed by atoms with van der Waals surface area (Å²) in [6.45, 7) is 0. The first-order valence-corrected chi connectivity index (χ1v) is 11.8. The minimum atomic E-state index is -0.700. The van der Waals surface area contributed by atoms with Crippen molar-refractivity contribution in [3.8, 4) is 12.1 Å². The number of hydrogen-bond acceptors (Lipinski definition) is 9. The molecule has 31 heavy (non-hydrogen) atoms. The summed E-state index contributed by atoms with van der Waals surface area (Å²) >= 11 is 3.31. The highest BCUT2D eigenvalue weighted by atomic mass is 32.2. The lowest BCUT2D eigenvalue weighted by molar-refractivity contribution is -0.121. The van der Waals surface area contributed by atoms with E-state index in [4.69, 9.17) is 19.9 Å². The Hall–Kier alpha value is -2.82. The second kappa shape index (κ2) is 8.03. The number of thioether (sulfide) groups is 2. The van der Waals surface area contributed by atoms with E-state index in [1.807, 2.05) is 6.08 Å². The van der Waals surface area contributed by atoms with Crippen molar-refractivity contribution in [2.45, 2.75) is 54.2 Å². The molecule has 0 radical (unpaired) electrons. The van der Waals surface area contributed by atoms with Crippen LogP contribution in [0.3, 0.4) is 0 Å². The van der Waals surface area contributed by atoms with Gasteiger partial charge in [-0.25, -0.2) is 0 Å². The van der Waals surface area contributed by atoms with Gasteiger partial charge in [-0.15, -0.1) is 33.7 Å². The molecule has 3 unspecified atom stereocenters. The second-order valence-corrected chi connectivity index (χ2v) is 10.3. The molecule has 0 spiro atoms. The molecule has 10 heteroatoms. The van der Waals surface area contributed by atoms with Crippen molar-refractivity contribution in [2.24, 2.45) is 4.99 Å². The van der Waals surface area contributed by atoms with Crippen LogP contribution in [0, 0.1) is 22.7 Å². The highest BCUT2D eigenvalue weighted by molar-refractivity contribution is 8.15. The number of nitrogens with zero attached hydrogens (tertiary/aromatic N) is 5. The van der Waals surface area contributed by atoms with Crippen LogP contribution in [0.2, 0.25) is 0 Å². The third kappa shape index (κ3) is 4.32. The molecule has 1 saturated carbocycles. The van der Waals surface area contributed by atoms with E-state index in [9.17, 15) is 4.79 Å². The van der Waals surface area contributed by atoms with Crippen molar-refractivity contribution < 1.29 is 9.21 Å². The van der Waals surface area contributed by atoms with E-state index >= 15 is 0 Å². The fraction of sp³-hybridized carbons (Fsp3) is 0.429. The predicted molar refractivity (Wildman–Crippen MR) is 117 cm³/mol. The van der Waals surface area contributed by atoms with Gasteiger partial charge in [-0.05, 0) is 24.8 Å². The summed E-state index contributed by atoms with van der Waals surface area (Å²) in [5.74, 6) is 0.384. The predicted octanol–water partition coefficient (Wildman–Crippen LogP) is 2.62. The van der Waals surface area contributed by atoms with Crippen LogP contribution in [0.1, 0.15) is 31.0 Å². The molecular formula is C21H18N6O2S2. The minimum Gasteiger partial charge on any atom is -0.424 e. The molecule has 3 heterocycles. The Bertz CT molecular complexity index is 1130. The van der Waals surface area contributed by atoms with E-state index < -0.39 is 5.54 Å². The summed E-state index contributed by atoms with van der Waals surface area (Å²) in [6.07, 6.45) is 11.1. The smallest absolute Gasteiger partial charge is 0.230 e. The molecule has 5 rings (SSSR count). The van der Waals surface area contributed by atoms with E-state index in [1.54, 1.807) is 23.5 Å². The van der Waals surface area contributed by atoms with Crippen molar-refractivity contribution in [2.75, 3.05) is 0 Å². The molecule has 4 aliphatic rings. The molecule has 0 bridgehead atoms. The maximum atomic E-state index is 12.1. The Balaban J connectivity index is 1.16. The highest BCUT2D eigenvalue weighted by Gasteiger charge is 2.44. The van der Waals surface area contributed by atoms with Crippen LogP contribution < -0.4 is 5.32 Å². The topological polar surface area (TPSA) is 128 Å². The lowest BCUT2D eigenvalue weighted by Crippen LogP contribution is -2.36. The molecule has 0 aromatic carbocycles. The summed E-state index contributed by atoms with van der Waals surface area (Å²) < 4.78 is 5.63. The third-order valence-corrected chi connectivity index (χ3v) is 7.95. The van der Waals surface area contributed by atoms with Crippen molar-refractivity contribution in [1.82, 2.24) is 15.5 Å². The molecule has 0 saturated heterocycles. The van der Waals surface area contributed by atoms with Gasteiger partial charge in [-0.2, -0.15) is 10.5 Å². The van der Waals surface area contributed by atoms with E-state index in [1.165, 1.54) is 5.57 Å². The number of amides is 1. The number of nitrogens with one attached hydrogen (secondary N) is 1. The third-order valence-electron chi connectivity index (χ3n) is 5.48. The first kappa shape index (κ1) is 20.1. The number of nitriles is 2. The summed E-state index contributed by atoms with van der Waals surface area (Å²) in [6, 6.07) is 4.44. The Morgan fingerprint density at radius 3 is 2.87 bits per heavy atom. The fourth-order valence-electron chi connectivity index (χ4n) is 3.68. The van der Waals surface area contributed by atoms with Crippen LogP contribution in [0.5, 0.6) is 0 Å². The Kier molecular flexibility index (Phi) is 5.20. The van der Waals surface area contributed by atoms with Crippen LogP contribution in [-0.2, 0) is 17.6 Å². The number of allylic oxidation sites excluding steroid dienone is 3. The van der Waals surface area contributed by atoms with Gasteiger partial charge in [0.1, 0.15) is 18.0 Å². The number of rotatable bonds is 6. The molecule has 1 aromatic rings. The molecular weight excluding hydrogens is 432 g/mol. The Morgan fingerprint density at radius 1 is 1.29 bits per heavy atom. The van der Waals surface area contributed by atoms with Crippen LogP contribution in [-0.4, -0.2) is 43.2 Å². The molecule has 8 nitrogen and oxygen atoms in total. The standard InChI is InChI=1S/C21H18N6O2S2/c22-10-13-2-4-15(30-13)12-1-3-14-16(7-12)31-20(24-14)9-19-27-26-18(29-19)8-17(28)25-21(11-23)5-6-21/h1-3,7,14-16H,4-6,8-9H2,(H,25,28). The molecule has 1 amide bonds.